The molecule has 4 rings (SSSR count). The number of anilines is 2. The second kappa shape index (κ2) is 6.95. The smallest absolute Gasteiger partial charge is 0.231 e. The second-order valence-corrected chi connectivity index (χ2v) is 7.25. The average molecular weight is 374 g/mol. The van der Waals surface area contributed by atoms with Crippen LogP contribution in [-0.2, 0) is 4.79 Å². The Kier molecular flexibility index (Phi) is 4.50. The van der Waals surface area contributed by atoms with Gasteiger partial charge in [-0.1, -0.05) is 17.4 Å². The van der Waals surface area contributed by atoms with Gasteiger partial charge in [-0.2, -0.15) is 0 Å². The molecular weight excluding hydrogens is 358 g/mol. The van der Waals surface area contributed by atoms with Crippen LogP contribution in [0.25, 0.3) is 10.2 Å². The molecule has 1 fully saturated rings. The number of pyridine rings is 1. The van der Waals surface area contributed by atoms with Gasteiger partial charge in [-0.05, 0) is 31.0 Å². The van der Waals surface area contributed by atoms with Crippen molar-refractivity contribution in [3.63, 3.8) is 0 Å². The molecule has 1 atom stereocenters. The van der Waals surface area contributed by atoms with E-state index < -0.39 is 11.6 Å². The van der Waals surface area contributed by atoms with Crippen LogP contribution in [0.3, 0.4) is 0 Å². The Morgan fingerprint density at radius 3 is 3.00 bits per heavy atom. The number of piperidine rings is 1. The van der Waals surface area contributed by atoms with Gasteiger partial charge in [0.05, 0.1) is 10.6 Å². The maximum Gasteiger partial charge on any atom is 0.231 e. The lowest BCUT2D eigenvalue weighted by molar-refractivity contribution is -0.120. The van der Waals surface area contributed by atoms with Gasteiger partial charge in [-0.25, -0.2) is 18.7 Å². The van der Waals surface area contributed by atoms with Gasteiger partial charge in [0.1, 0.15) is 17.2 Å². The minimum atomic E-state index is -0.726. The number of halogens is 2. The number of rotatable bonds is 3. The van der Waals surface area contributed by atoms with E-state index in [2.05, 4.69) is 20.2 Å². The van der Waals surface area contributed by atoms with E-state index in [9.17, 15) is 13.6 Å². The fourth-order valence-corrected chi connectivity index (χ4v) is 4.07. The van der Waals surface area contributed by atoms with E-state index in [1.54, 1.807) is 6.20 Å². The molecule has 3 aromatic rings. The third-order valence-corrected chi connectivity index (χ3v) is 5.33. The SMILES string of the molecule is O=C(Nc1nc2c(F)cc(F)cc2s1)C1CCCN(c2ccccn2)C1. The summed E-state index contributed by atoms with van der Waals surface area (Å²) in [5.41, 5.74) is 0.0745. The van der Waals surface area contributed by atoms with E-state index in [1.165, 1.54) is 6.07 Å². The summed E-state index contributed by atoms with van der Waals surface area (Å²) < 4.78 is 27.4. The van der Waals surface area contributed by atoms with Gasteiger partial charge >= 0.3 is 0 Å². The summed E-state index contributed by atoms with van der Waals surface area (Å²) in [5, 5.41) is 3.03. The standard InChI is InChI=1S/C18H16F2N4OS/c19-12-8-13(20)16-14(9-12)26-18(22-16)23-17(25)11-4-3-7-24(10-11)15-5-1-2-6-21-15/h1-2,5-6,8-9,11H,3-4,7,10H2,(H,22,23,25). The molecule has 1 aliphatic rings. The Morgan fingerprint density at radius 1 is 1.31 bits per heavy atom. The number of nitrogens with one attached hydrogen (secondary N) is 1. The Hall–Kier alpha value is -2.61. The number of thiazole rings is 1. The molecule has 0 bridgehead atoms. The zero-order chi connectivity index (χ0) is 18.1. The molecule has 1 N–H and O–H groups in total. The van der Waals surface area contributed by atoms with E-state index in [0.29, 0.717) is 11.2 Å². The highest BCUT2D eigenvalue weighted by atomic mass is 32.1. The second-order valence-electron chi connectivity index (χ2n) is 6.22. The number of carbonyl (C=O) groups is 1. The summed E-state index contributed by atoms with van der Waals surface area (Å²) in [4.78, 5) is 23.1. The first-order chi connectivity index (χ1) is 12.6. The van der Waals surface area contributed by atoms with Gasteiger partial charge in [-0.15, -0.1) is 0 Å². The minimum absolute atomic E-state index is 0.0745. The molecule has 5 nitrogen and oxygen atoms in total. The van der Waals surface area contributed by atoms with E-state index in [1.807, 2.05) is 18.2 Å². The number of amides is 1. The van der Waals surface area contributed by atoms with Crippen LogP contribution in [0.5, 0.6) is 0 Å². The molecule has 1 aromatic carbocycles. The third-order valence-electron chi connectivity index (χ3n) is 4.41. The summed E-state index contributed by atoms with van der Waals surface area (Å²) in [5.74, 6) is -0.905. The molecule has 134 valence electrons. The zero-order valence-corrected chi connectivity index (χ0v) is 14.6. The molecule has 0 aliphatic carbocycles. The molecule has 1 saturated heterocycles. The number of hydrogen-bond donors (Lipinski definition) is 1. The molecule has 0 spiro atoms. The molecule has 3 heterocycles. The van der Waals surface area contributed by atoms with Gasteiger partial charge < -0.3 is 10.2 Å². The molecule has 0 saturated carbocycles. The fourth-order valence-electron chi connectivity index (χ4n) is 3.16. The van der Waals surface area contributed by atoms with Crippen molar-refractivity contribution in [2.45, 2.75) is 12.8 Å². The predicted molar refractivity (Wildman–Crippen MR) is 97.3 cm³/mol. The summed E-state index contributed by atoms with van der Waals surface area (Å²) in [7, 11) is 0. The quantitative estimate of drug-likeness (QED) is 0.757. The molecule has 2 aromatic heterocycles. The fraction of sp³-hybridized carbons (Fsp3) is 0.278. The van der Waals surface area contributed by atoms with Crippen LogP contribution in [0.4, 0.5) is 19.7 Å². The van der Waals surface area contributed by atoms with Gasteiger partial charge in [0, 0.05) is 25.4 Å². The Bertz CT molecular complexity index is 947. The van der Waals surface area contributed by atoms with Crippen LogP contribution in [0.15, 0.2) is 36.5 Å². The van der Waals surface area contributed by atoms with E-state index >= 15 is 0 Å². The maximum absolute atomic E-state index is 13.8. The van der Waals surface area contributed by atoms with Crippen molar-refractivity contribution in [3.8, 4) is 0 Å². The van der Waals surface area contributed by atoms with E-state index in [0.717, 1.165) is 42.6 Å². The molecule has 1 aliphatic heterocycles. The van der Waals surface area contributed by atoms with Crippen LogP contribution >= 0.6 is 11.3 Å². The maximum atomic E-state index is 13.8. The number of hydrogen-bond acceptors (Lipinski definition) is 5. The summed E-state index contributed by atoms with van der Waals surface area (Å²) >= 11 is 1.07. The van der Waals surface area contributed by atoms with Gasteiger partial charge in [0.25, 0.3) is 0 Å². The average Bonchev–Trinajstić information content (AvgIpc) is 3.05. The Balaban J connectivity index is 1.48. The van der Waals surface area contributed by atoms with Crippen LogP contribution in [0.2, 0.25) is 0 Å². The highest BCUT2D eigenvalue weighted by Gasteiger charge is 2.27. The number of fused-ring (bicyclic) bond motifs is 1. The van der Waals surface area contributed by atoms with Crippen molar-refractivity contribution in [1.29, 1.82) is 0 Å². The highest BCUT2D eigenvalue weighted by Crippen LogP contribution is 2.30. The third kappa shape index (κ3) is 3.37. The van der Waals surface area contributed by atoms with Gasteiger partial charge in [0.15, 0.2) is 10.9 Å². The molecule has 0 radical (unpaired) electrons. The summed E-state index contributed by atoms with van der Waals surface area (Å²) in [6.07, 6.45) is 3.38. The van der Waals surface area contributed by atoms with Gasteiger partial charge in [-0.3, -0.25) is 4.79 Å². The first kappa shape index (κ1) is 16.8. The van der Waals surface area contributed by atoms with Crippen LogP contribution < -0.4 is 10.2 Å². The molecule has 8 heteroatoms. The number of nitrogens with zero attached hydrogens (tertiary/aromatic N) is 3. The Labute approximate surface area is 152 Å². The predicted octanol–water partition coefficient (Wildman–Crippen LogP) is 3.82. The first-order valence-corrected chi connectivity index (χ1v) is 9.14. The van der Waals surface area contributed by atoms with Crippen LogP contribution in [0.1, 0.15) is 12.8 Å². The first-order valence-electron chi connectivity index (χ1n) is 8.32. The van der Waals surface area contributed by atoms with Gasteiger partial charge in [0.2, 0.25) is 5.91 Å². The topological polar surface area (TPSA) is 58.1 Å². The van der Waals surface area contributed by atoms with E-state index in [-0.39, 0.29) is 22.5 Å². The lowest BCUT2D eigenvalue weighted by Crippen LogP contribution is -2.41. The van der Waals surface area contributed by atoms with Crippen molar-refractivity contribution in [1.82, 2.24) is 9.97 Å². The van der Waals surface area contributed by atoms with Crippen molar-refractivity contribution < 1.29 is 13.6 Å². The molecule has 1 amide bonds. The van der Waals surface area contributed by atoms with Crippen LogP contribution in [0, 0.1) is 17.6 Å². The molecular formula is C18H16F2N4OS. The van der Waals surface area contributed by atoms with Crippen LogP contribution in [-0.4, -0.2) is 29.0 Å². The monoisotopic (exact) mass is 374 g/mol. The summed E-state index contributed by atoms with van der Waals surface area (Å²) in [6.45, 7) is 1.42. The lowest BCUT2D eigenvalue weighted by Gasteiger charge is -2.32. The number of carbonyl (C=O) groups excluding carboxylic acids is 1. The zero-order valence-electron chi connectivity index (χ0n) is 13.8. The van der Waals surface area contributed by atoms with Crippen molar-refractivity contribution in [2.24, 2.45) is 5.92 Å². The molecule has 1 unspecified atom stereocenters. The van der Waals surface area contributed by atoms with Crippen molar-refractivity contribution in [2.75, 3.05) is 23.3 Å². The normalized spacial score (nSPS) is 17.5. The van der Waals surface area contributed by atoms with Crippen molar-refractivity contribution in [3.05, 3.63) is 48.2 Å². The lowest BCUT2D eigenvalue weighted by atomic mass is 9.97. The largest absolute Gasteiger partial charge is 0.356 e. The Morgan fingerprint density at radius 2 is 2.19 bits per heavy atom. The van der Waals surface area contributed by atoms with Crippen molar-refractivity contribution >= 4 is 38.4 Å². The minimum Gasteiger partial charge on any atom is -0.356 e. The number of benzene rings is 1. The number of aromatic nitrogens is 2. The molecule has 26 heavy (non-hydrogen) atoms. The summed E-state index contributed by atoms with van der Waals surface area (Å²) in [6, 6.07) is 7.70. The highest BCUT2D eigenvalue weighted by molar-refractivity contribution is 7.22. The van der Waals surface area contributed by atoms with E-state index in [4.69, 9.17) is 0 Å².